The van der Waals surface area contributed by atoms with Gasteiger partial charge in [0.25, 0.3) is 0 Å². The van der Waals surface area contributed by atoms with Crippen LogP contribution in [-0.4, -0.2) is 17.8 Å². The summed E-state index contributed by atoms with van der Waals surface area (Å²) < 4.78 is 4.48. The van der Waals surface area contributed by atoms with Crippen molar-refractivity contribution in [1.82, 2.24) is 0 Å². The Hall–Kier alpha value is -0.670. The number of hydrogen-bond acceptors (Lipinski definition) is 3. The minimum atomic E-state index is -0.338. The van der Waals surface area contributed by atoms with Crippen molar-refractivity contribution in [3.05, 3.63) is 28.8 Å². The van der Waals surface area contributed by atoms with E-state index in [1.807, 2.05) is 25.1 Å². The fourth-order valence-electron chi connectivity index (χ4n) is 1.55. The summed E-state index contributed by atoms with van der Waals surface area (Å²) in [5, 5.41) is 0.757. The average Bonchev–Trinajstić information content (AvgIpc) is 3.03. The van der Waals surface area contributed by atoms with Crippen molar-refractivity contribution >= 4 is 29.3 Å². The Bertz CT molecular complexity index is 427. The highest BCUT2D eigenvalue weighted by Crippen LogP contribution is 2.52. The van der Waals surface area contributed by atoms with Crippen LogP contribution >= 0.6 is 23.4 Å². The standard InChI is InChI=1S/C12H13ClO2S/c1-8-7-9(3-4-10(8)13)16-12(5-6-12)11(14)15-2/h3-4,7H,5-6H2,1-2H3. The number of carbonyl (C=O) groups excluding carboxylic acids is 1. The predicted octanol–water partition coefficient (Wildman–Crippen LogP) is 3.45. The lowest BCUT2D eigenvalue weighted by molar-refractivity contribution is -0.140. The number of methoxy groups -OCH3 is 1. The van der Waals surface area contributed by atoms with Gasteiger partial charge in [0.15, 0.2) is 0 Å². The molecule has 0 unspecified atom stereocenters. The lowest BCUT2D eigenvalue weighted by Gasteiger charge is -2.12. The van der Waals surface area contributed by atoms with Crippen molar-refractivity contribution in [2.24, 2.45) is 0 Å². The van der Waals surface area contributed by atoms with E-state index in [1.54, 1.807) is 11.8 Å². The second-order valence-corrected chi connectivity index (χ2v) is 5.86. The van der Waals surface area contributed by atoms with Gasteiger partial charge in [0.05, 0.1) is 7.11 Å². The number of hydrogen-bond donors (Lipinski definition) is 0. The summed E-state index contributed by atoms with van der Waals surface area (Å²) >= 11 is 7.54. The average molecular weight is 257 g/mol. The van der Waals surface area contributed by atoms with E-state index in [2.05, 4.69) is 0 Å². The van der Waals surface area contributed by atoms with Crippen LogP contribution in [-0.2, 0) is 9.53 Å². The summed E-state index contributed by atoms with van der Waals surface area (Å²) in [6.45, 7) is 1.96. The summed E-state index contributed by atoms with van der Waals surface area (Å²) in [7, 11) is 1.44. The van der Waals surface area contributed by atoms with Crippen molar-refractivity contribution in [2.45, 2.75) is 29.4 Å². The van der Waals surface area contributed by atoms with Gasteiger partial charge in [-0.15, -0.1) is 11.8 Å². The molecule has 1 saturated carbocycles. The lowest BCUT2D eigenvalue weighted by Crippen LogP contribution is -2.19. The lowest BCUT2D eigenvalue weighted by atomic mass is 10.2. The van der Waals surface area contributed by atoms with E-state index in [4.69, 9.17) is 16.3 Å². The van der Waals surface area contributed by atoms with Gasteiger partial charge in [-0.2, -0.15) is 0 Å². The van der Waals surface area contributed by atoms with Crippen molar-refractivity contribution in [1.29, 1.82) is 0 Å². The topological polar surface area (TPSA) is 26.3 Å². The molecule has 0 radical (unpaired) electrons. The number of benzene rings is 1. The van der Waals surface area contributed by atoms with Crippen LogP contribution in [0.4, 0.5) is 0 Å². The first kappa shape index (κ1) is 11.8. The number of ether oxygens (including phenoxy) is 1. The molecule has 0 heterocycles. The maximum Gasteiger partial charge on any atom is 0.322 e. The number of thioether (sulfide) groups is 1. The van der Waals surface area contributed by atoms with Gasteiger partial charge in [-0.25, -0.2) is 0 Å². The van der Waals surface area contributed by atoms with Gasteiger partial charge in [0, 0.05) is 9.92 Å². The van der Waals surface area contributed by atoms with Gasteiger partial charge < -0.3 is 4.74 Å². The highest BCUT2D eigenvalue weighted by molar-refractivity contribution is 8.01. The Kier molecular flexibility index (Phi) is 3.17. The van der Waals surface area contributed by atoms with Gasteiger partial charge >= 0.3 is 5.97 Å². The third kappa shape index (κ3) is 2.20. The fourth-order valence-corrected chi connectivity index (χ4v) is 2.97. The minimum absolute atomic E-state index is 0.120. The number of carbonyl (C=O) groups is 1. The van der Waals surface area contributed by atoms with E-state index < -0.39 is 0 Å². The molecule has 1 aromatic rings. The molecule has 1 aliphatic carbocycles. The van der Waals surface area contributed by atoms with Gasteiger partial charge in [-0.05, 0) is 43.5 Å². The Morgan fingerprint density at radius 1 is 1.50 bits per heavy atom. The smallest absolute Gasteiger partial charge is 0.322 e. The van der Waals surface area contributed by atoms with Crippen LogP contribution in [0.3, 0.4) is 0 Å². The van der Waals surface area contributed by atoms with Crippen LogP contribution in [0.1, 0.15) is 18.4 Å². The SMILES string of the molecule is COC(=O)C1(Sc2ccc(Cl)c(C)c2)CC1. The van der Waals surface area contributed by atoms with Crippen LogP contribution < -0.4 is 0 Å². The first-order chi connectivity index (χ1) is 7.57. The molecule has 2 nitrogen and oxygen atoms in total. The second kappa shape index (κ2) is 4.30. The van der Waals surface area contributed by atoms with Crippen LogP contribution in [0.5, 0.6) is 0 Å². The van der Waals surface area contributed by atoms with E-state index in [0.29, 0.717) is 0 Å². The van der Waals surface area contributed by atoms with Crippen molar-refractivity contribution in [2.75, 3.05) is 7.11 Å². The molecule has 0 saturated heterocycles. The van der Waals surface area contributed by atoms with Crippen molar-refractivity contribution in [3.8, 4) is 0 Å². The number of aryl methyl sites for hydroxylation is 1. The van der Waals surface area contributed by atoms with Crippen LogP contribution in [0.25, 0.3) is 0 Å². The van der Waals surface area contributed by atoms with E-state index >= 15 is 0 Å². The van der Waals surface area contributed by atoms with Crippen LogP contribution in [0.15, 0.2) is 23.1 Å². The fraction of sp³-hybridized carbons (Fsp3) is 0.417. The molecule has 0 bridgehead atoms. The van der Waals surface area contributed by atoms with E-state index in [-0.39, 0.29) is 10.7 Å². The van der Waals surface area contributed by atoms with E-state index in [9.17, 15) is 4.79 Å². The predicted molar refractivity (Wildman–Crippen MR) is 66.0 cm³/mol. The normalized spacial score (nSPS) is 16.9. The first-order valence-corrected chi connectivity index (χ1v) is 6.30. The molecular formula is C12H13ClO2S. The number of rotatable bonds is 3. The Morgan fingerprint density at radius 3 is 2.69 bits per heavy atom. The maximum atomic E-state index is 11.6. The third-order valence-electron chi connectivity index (χ3n) is 2.70. The molecule has 0 spiro atoms. The zero-order valence-electron chi connectivity index (χ0n) is 9.25. The molecule has 16 heavy (non-hydrogen) atoms. The maximum absolute atomic E-state index is 11.6. The van der Waals surface area contributed by atoms with E-state index in [1.165, 1.54) is 7.11 Å². The molecule has 1 aliphatic rings. The monoisotopic (exact) mass is 256 g/mol. The van der Waals surface area contributed by atoms with Gasteiger partial charge in [-0.3, -0.25) is 4.79 Å². The molecular weight excluding hydrogens is 244 g/mol. The third-order valence-corrected chi connectivity index (χ3v) is 4.58. The summed E-state index contributed by atoms with van der Waals surface area (Å²) in [4.78, 5) is 12.7. The van der Waals surface area contributed by atoms with Crippen molar-refractivity contribution in [3.63, 3.8) is 0 Å². The molecule has 0 aliphatic heterocycles. The molecule has 0 aromatic heterocycles. The molecule has 2 rings (SSSR count). The summed E-state index contributed by atoms with van der Waals surface area (Å²) in [5.74, 6) is -0.120. The molecule has 4 heteroatoms. The summed E-state index contributed by atoms with van der Waals surface area (Å²) in [5.41, 5.74) is 1.03. The largest absolute Gasteiger partial charge is 0.468 e. The quantitative estimate of drug-likeness (QED) is 0.775. The molecule has 0 amide bonds. The highest BCUT2D eigenvalue weighted by Gasteiger charge is 2.52. The van der Waals surface area contributed by atoms with Gasteiger partial charge in [-0.1, -0.05) is 11.6 Å². The number of halogens is 1. The Morgan fingerprint density at radius 2 is 2.19 bits per heavy atom. The molecule has 1 aromatic carbocycles. The number of esters is 1. The zero-order chi connectivity index (χ0) is 11.8. The molecule has 0 N–H and O–H groups in total. The summed E-state index contributed by atoms with van der Waals surface area (Å²) in [6.07, 6.45) is 1.79. The summed E-state index contributed by atoms with van der Waals surface area (Å²) in [6, 6.07) is 5.83. The van der Waals surface area contributed by atoms with Crippen LogP contribution in [0.2, 0.25) is 5.02 Å². The van der Waals surface area contributed by atoms with E-state index in [0.717, 1.165) is 28.3 Å². The molecule has 86 valence electrons. The molecule has 0 atom stereocenters. The van der Waals surface area contributed by atoms with Gasteiger partial charge in [0.1, 0.15) is 4.75 Å². The van der Waals surface area contributed by atoms with Crippen LogP contribution in [0, 0.1) is 6.92 Å². The zero-order valence-corrected chi connectivity index (χ0v) is 10.8. The van der Waals surface area contributed by atoms with Gasteiger partial charge in [0.2, 0.25) is 0 Å². The second-order valence-electron chi connectivity index (χ2n) is 4.00. The Labute approximate surface area is 104 Å². The highest BCUT2D eigenvalue weighted by atomic mass is 35.5. The molecule has 1 fully saturated rings. The minimum Gasteiger partial charge on any atom is -0.468 e. The Balaban J connectivity index is 2.15. The van der Waals surface area contributed by atoms with Crippen molar-refractivity contribution < 1.29 is 9.53 Å². The first-order valence-electron chi connectivity index (χ1n) is 5.11.